The van der Waals surface area contributed by atoms with Crippen molar-refractivity contribution in [1.29, 1.82) is 0 Å². The minimum atomic E-state index is 1.04. The highest BCUT2D eigenvalue weighted by atomic mass is 14.7. The van der Waals surface area contributed by atoms with Crippen molar-refractivity contribution in [1.82, 2.24) is 4.98 Å². The van der Waals surface area contributed by atoms with Crippen molar-refractivity contribution in [2.75, 3.05) is 0 Å². The fourth-order valence-corrected chi connectivity index (χ4v) is 2.64. The Hall–Kier alpha value is -2.41. The van der Waals surface area contributed by atoms with Crippen molar-refractivity contribution in [2.24, 2.45) is 0 Å². The number of hydrogen-bond donors (Lipinski definition) is 0. The summed E-state index contributed by atoms with van der Waals surface area (Å²) in [6.45, 7) is 8.46. The lowest BCUT2D eigenvalue weighted by molar-refractivity contribution is 1.16. The molecule has 0 saturated heterocycles. The maximum absolute atomic E-state index is 4.78. The van der Waals surface area contributed by atoms with Crippen molar-refractivity contribution in [3.63, 3.8) is 0 Å². The topological polar surface area (TPSA) is 12.9 Å². The summed E-state index contributed by atoms with van der Waals surface area (Å²) in [4.78, 5) is 4.78. The summed E-state index contributed by atoms with van der Waals surface area (Å²) in [5.74, 6) is 0. The van der Waals surface area contributed by atoms with Gasteiger partial charge in [-0.25, -0.2) is 0 Å². The van der Waals surface area contributed by atoms with Crippen LogP contribution in [-0.4, -0.2) is 4.98 Å². The molecule has 0 fully saturated rings. The SMILES string of the molecule is Cc1ccc(-c2cc(-c3ccc(C)cc3)c(C)c(C)n2)cc1. The largest absolute Gasteiger partial charge is 0.253 e. The number of pyridine rings is 1. The third-order valence-electron chi connectivity index (χ3n) is 4.23. The zero-order valence-electron chi connectivity index (χ0n) is 13.6. The molecule has 0 aliphatic carbocycles. The standard InChI is InChI=1S/C21H21N/c1-14-5-9-18(10-6-14)20-13-21(22-17(4)16(20)3)19-11-7-15(2)8-12-19/h5-13H,1-4H3. The lowest BCUT2D eigenvalue weighted by Gasteiger charge is -2.12. The third kappa shape index (κ3) is 2.80. The van der Waals surface area contributed by atoms with E-state index in [4.69, 9.17) is 4.98 Å². The predicted molar refractivity (Wildman–Crippen MR) is 94.1 cm³/mol. The zero-order valence-corrected chi connectivity index (χ0v) is 13.6. The number of rotatable bonds is 2. The van der Waals surface area contributed by atoms with Crippen LogP contribution in [0.2, 0.25) is 0 Å². The number of aryl methyl sites for hydroxylation is 3. The van der Waals surface area contributed by atoms with Crippen LogP contribution in [-0.2, 0) is 0 Å². The van der Waals surface area contributed by atoms with E-state index in [0.717, 1.165) is 11.4 Å². The molecule has 0 saturated carbocycles. The Bertz CT molecular complexity index is 797. The zero-order chi connectivity index (χ0) is 15.7. The van der Waals surface area contributed by atoms with Gasteiger partial charge in [-0.15, -0.1) is 0 Å². The molecule has 0 aliphatic rings. The molecule has 0 bridgehead atoms. The summed E-state index contributed by atoms with van der Waals surface area (Å²) in [6, 6.07) is 19.5. The molecule has 0 radical (unpaired) electrons. The minimum Gasteiger partial charge on any atom is -0.253 e. The van der Waals surface area contributed by atoms with Crippen LogP contribution in [0.25, 0.3) is 22.4 Å². The van der Waals surface area contributed by atoms with E-state index in [1.165, 1.54) is 33.4 Å². The second-order valence-corrected chi connectivity index (χ2v) is 6.00. The summed E-state index contributed by atoms with van der Waals surface area (Å²) >= 11 is 0. The van der Waals surface area contributed by atoms with Gasteiger partial charge in [-0.1, -0.05) is 59.7 Å². The maximum atomic E-state index is 4.78. The van der Waals surface area contributed by atoms with Crippen LogP contribution in [0.3, 0.4) is 0 Å². The van der Waals surface area contributed by atoms with Gasteiger partial charge < -0.3 is 0 Å². The van der Waals surface area contributed by atoms with Gasteiger partial charge in [0.1, 0.15) is 0 Å². The Kier molecular flexibility index (Phi) is 3.81. The lowest BCUT2D eigenvalue weighted by atomic mass is 9.96. The summed E-state index contributed by atoms with van der Waals surface area (Å²) in [5, 5.41) is 0. The summed E-state index contributed by atoms with van der Waals surface area (Å²) in [5.41, 5.74) is 9.62. The number of nitrogens with zero attached hydrogens (tertiary/aromatic N) is 1. The van der Waals surface area contributed by atoms with Gasteiger partial charge in [-0.3, -0.25) is 4.98 Å². The van der Waals surface area contributed by atoms with Gasteiger partial charge >= 0.3 is 0 Å². The molecule has 1 aromatic heterocycles. The molecule has 3 rings (SSSR count). The summed E-state index contributed by atoms with van der Waals surface area (Å²) in [6.07, 6.45) is 0. The van der Waals surface area contributed by atoms with Crippen LogP contribution >= 0.6 is 0 Å². The molecular weight excluding hydrogens is 266 g/mol. The van der Waals surface area contributed by atoms with Gasteiger partial charge in [0, 0.05) is 11.3 Å². The molecule has 0 unspecified atom stereocenters. The molecule has 1 heterocycles. The first-order chi connectivity index (χ1) is 10.5. The van der Waals surface area contributed by atoms with Gasteiger partial charge in [0.15, 0.2) is 0 Å². The van der Waals surface area contributed by atoms with E-state index in [0.29, 0.717) is 0 Å². The molecule has 0 atom stereocenters. The van der Waals surface area contributed by atoms with E-state index in [1.807, 2.05) is 0 Å². The minimum absolute atomic E-state index is 1.04. The average Bonchev–Trinajstić information content (AvgIpc) is 2.52. The van der Waals surface area contributed by atoms with Gasteiger partial charge in [-0.05, 0) is 50.5 Å². The van der Waals surface area contributed by atoms with Crippen molar-refractivity contribution in [3.05, 3.63) is 77.0 Å². The first-order valence-corrected chi connectivity index (χ1v) is 7.67. The molecule has 2 aromatic carbocycles. The molecule has 22 heavy (non-hydrogen) atoms. The maximum Gasteiger partial charge on any atom is 0.0711 e. The summed E-state index contributed by atoms with van der Waals surface area (Å²) in [7, 11) is 0. The van der Waals surface area contributed by atoms with E-state index >= 15 is 0 Å². The molecule has 0 N–H and O–H groups in total. The normalized spacial score (nSPS) is 10.7. The van der Waals surface area contributed by atoms with Crippen LogP contribution in [0.15, 0.2) is 54.6 Å². The smallest absolute Gasteiger partial charge is 0.0711 e. The third-order valence-corrected chi connectivity index (χ3v) is 4.23. The highest BCUT2D eigenvalue weighted by Crippen LogP contribution is 2.30. The Morgan fingerprint density at radius 1 is 0.636 bits per heavy atom. The van der Waals surface area contributed by atoms with Gasteiger partial charge in [0.25, 0.3) is 0 Å². The van der Waals surface area contributed by atoms with Crippen LogP contribution in [0.5, 0.6) is 0 Å². The lowest BCUT2D eigenvalue weighted by Crippen LogP contribution is -1.95. The molecule has 1 heteroatoms. The van der Waals surface area contributed by atoms with Crippen LogP contribution < -0.4 is 0 Å². The molecule has 0 amide bonds. The summed E-state index contributed by atoms with van der Waals surface area (Å²) < 4.78 is 0. The second kappa shape index (κ2) is 5.76. The second-order valence-electron chi connectivity index (χ2n) is 6.00. The molecule has 3 aromatic rings. The fraction of sp³-hybridized carbons (Fsp3) is 0.190. The molecule has 0 aliphatic heterocycles. The molecule has 1 nitrogen and oxygen atoms in total. The van der Waals surface area contributed by atoms with Crippen LogP contribution in [0.4, 0.5) is 0 Å². The highest BCUT2D eigenvalue weighted by Gasteiger charge is 2.09. The first kappa shape index (κ1) is 14.5. The first-order valence-electron chi connectivity index (χ1n) is 7.67. The Morgan fingerprint density at radius 2 is 1.14 bits per heavy atom. The monoisotopic (exact) mass is 287 g/mol. The van der Waals surface area contributed by atoms with Gasteiger partial charge in [0.05, 0.1) is 5.69 Å². The van der Waals surface area contributed by atoms with E-state index in [9.17, 15) is 0 Å². The van der Waals surface area contributed by atoms with E-state index in [2.05, 4.69) is 82.3 Å². The number of aromatic nitrogens is 1. The Morgan fingerprint density at radius 3 is 1.68 bits per heavy atom. The molecule has 0 spiro atoms. The predicted octanol–water partition coefficient (Wildman–Crippen LogP) is 5.65. The van der Waals surface area contributed by atoms with E-state index in [-0.39, 0.29) is 0 Å². The van der Waals surface area contributed by atoms with Crippen molar-refractivity contribution >= 4 is 0 Å². The fourth-order valence-electron chi connectivity index (χ4n) is 2.64. The van der Waals surface area contributed by atoms with Crippen molar-refractivity contribution in [2.45, 2.75) is 27.7 Å². The van der Waals surface area contributed by atoms with E-state index < -0.39 is 0 Å². The molecule has 110 valence electrons. The highest BCUT2D eigenvalue weighted by molar-refractivity contribution is 5.74. The van der Waals surface area contributed by atoms with Crippen molar-refractivity contribution in [3.8, 4) is 22.4 Å². The number of hydrogen-bond acceptors (Lipinski definition) is 1. The van der Waals surface area contributed by atoms with Crippen LogP contribution in [0, 0.1) is 27.7 Å². The van der Waals surface area contributed by atoms with Crippen molar-refractivity contribution < 1.29 is 0 Å². The van der Waals surface area contributed by atoms with Gasteiger partial charge in [0.2, 0.25) is 0 Å². The average molecular weight is 287 g/mol. The van der Waals surface area contributed by atoms with Crippen LogP contribution in [0.1, 0.15) is 22.4 Å². The number of benzene rings is 2. The Balaban J connectivity index is 2.14. The van der Waals surface area contributed by atoms with Gasteiger partial charge in [-0.2, -0.15) is 0 Å². The Labute approximate surface area is 132 Å². The molecular formula is C21H21N. The quantitative estimate of drug-likeness (QED) is 0.593. The van der Waals surface area contributed by atoms with E-state index in [1.54, 1.807) is 0 Å².